The molecule has 2 rings (SSSR count). The summed E-state index contributed by atoms with van der Waals surface area (Å²) in [6.45, 7) is 5.31. The monoisotopic (exact) mass is 307 g/mol. The summed E-state index contributed by atoms with van der Waals surface area (Å²) < 4.78 is 13.0. The van der Waals surface area contributed by atoms with Gasteiger partial charge in [0.25, 0.3) is 0 Å². The summed E-state index contributed by atoms with van der Waals surface area (Å²) in [5, 5.41) is 3.92. The first-order chi connectivity index (χ1) is 10.2. The molecule has 0 saturated heterocycles. The first kappa shape index (κ1) is 16.7. The fraction of sp³-hybridized carbons (Fsp3) is 0.667. The summed E-state index contributed by atoms with van der Waals surface area (Å²) in [6.07, 6.45) is 8.50. The third-order valence-electron chi connectivity index (χ3n) is 4.39. The Morgan fingerprint density at radius 2 is 1.76 bits per heavy atom. The maximum absolute atomic E-state index is 13.0. The fourth-order valence-corrected chi connectivity index (χ4v) is 4.78. The molecule has 1 aromatic carbocycles. The van der Waals surface area contributed by atoms with Crippen molar-refractivity contribution in [2.75, 3.05) is 6.54 Å². The van der Waals surface area contributed by atoms with Gasteiger partial charge in [-0.1, -0.05) is 50.3 Å². The third kappa shape index (κ3) is 4.93. The summed E-state index contributed by atoms with van der Waals surface area (Å²) >= 11 is 0. The van der Waals surface area contributed by atoms with Gasteiger partial charge in [0, 0.05) is 10.9 Å². The van der Waals surface area contributed by atoms with Crippen molar-refractivity contribution < 1.29 is 4.21 Å². The van der Waals surface area contributed by atoms with Gasteiger partial charge >= 0.3 is 0 Å². The molecule has 118 valence electrons. The van der Waals surface area contributed by atoms with Crippen molar-refractivity contribution in [1.82, 2.24) is 5.32 Å². The zero-order valence-electron chi connectivity index (χ0n) is 13.4. The zero-order chi connectivity index (χ0) is 15.1. The molecule has 1 fully saturated rings. The first-order valence-electron chi connectivity index (χ1n) is 8.43. The molecule has 1 saturated carbocycles. The van der Waals surface area contributed by atoms with Gasteiger partial charge in [0.1, 0.15) is 0 Å². The molecule has 0 spiro atoms. The maximum Gasteiger partial charge on any atom is 0.0576 e. The van der Waals surface area contributed by atoms with Crippen molar-refractivity contribution in [3.63, 3.8) is 0 Å². The van der Waals surface area contributed by atoms with Crippen molar-refractivity contribution in [1.29, 1.82) is 0 Å². The molecule has 1 N–H and O–H groups in total. The molecule has 3 atom stereocenters. The highest BCUT2D eigenvalue weighted by atomic mass is 32.2. The van der Waals surface area contributed by atoms with E-state index in [1.54, 1.807) is 0 Å². The first-order valence-corrected chi connectivity index (χ1v) is 9.64. The van der Waals surface area contributed by atoms with Crippen LogP contribution >= 0.6 is 0 Å². The van der Waals surface area contributed by atoms with Crippen LogP contribution in [0.5, 0.6) is 0 Å². The SMILES string of the molecule is CCCNC1CCCCCCC1S(=O)c1ccc(C)cc1. The number of hydrogen-bond acceptors (Lipinski definition) is 2. The Kier molecular flexibility index (Phi) is 6.91. The summed E-state index contributed by atoms with van der Waals surface area (Å²) in [4.78, 5) is 0.995. The molecule has 1 aliphatic rings. The van der Waals surface area contributed by atoms with E-state index < -0.39 is 10.8 Å². The normalized spacial score (nSPS) is 25.0. The van der Waals surface area contributed by atoms with Gasteiger partial charge in [-0.3, -0.25) is 4.21 Å². The number of hydrogen-bond donors (Lipinski definition) is 1. The predicted octanol–water partition coefficient (Wildman–Crippen LogP) is 4.19. The van der Waals surface area contributed by atoms with E-state index in [-0.39, 0.29) is 5.25 Å². The fourth-order valence-electron chi connectivity index (χ4n) is 3.12. The van der Waals surface area contributed by atoms with Crippen LogP contribution in [-0.4, -0.2) is 22.0 Å². The summed E-state index contributed by atoms with van der Waals surface area (Å²) in [5.74, 6) is 0. The van der Waals surface area contributed by atoms with Crippen molar-refractivity contribution in [3.05, 3.63) is 29.8 Å². The number of benzene rings is 1. The van der Waals surface area contributed by atoms with Gasteiger partial charge in [0.2, 0.25) is 0 Å². The lowest BCUT2D eigenvalue weighted by molar-refractivity contribution is 0.395. The molecule has 3 heteroatoms. The Morgan fingerprint density at radius 3 is 2.43 bits per heavy atom. The largest absolute Gasteiger partial charge is 0.313 e. The molecule has 0 heterocycles. The minimum atomic E-state index is -0.893. The zero-order valence-corrected chi connectivity index (χ0v) is 14.3. The van der Waals surface area contributed by atoms with Crippen molar-refractivity contribution in [2.24, 2.45) is 0 Å². The average molecular weight is 308 g/mol. The molecular formula is C18H29NOS. The lowest BCUT2D eigenvalue weighted by Crippen LogP contribution is -2.43. The molecule has 21 heavy (non-hydrogen) atoms. The smallest absolute Gasteiger partial charge is 0.0576 e. The van der Waals surface area contributed by atoms with Gasteiger partial charge in [0.05, 0.1) is 16.0 Å². The van der Waals surface area contributed by atoms with Gasteiger partial charge in [-0.25, -0.2) is 0 Å². The molecule has 0 aromatic heterocycles. The summed E-state index contributed by atoms with van der Waals surface area (Å²) in [5.41, 5.74) is 1.23. The average Bonchev–Trinajstić information content (AvgIpc) is 2.47. The number of nitrogens with one attached hydrogen (secondary N) is 1. The van der Waals surface area contributed by atoms with Crippen molar-refractivity contribution in [3.8, 4) is 0 Å². The molecule has 0 aliphatic heterocycles. The van der Waals surface area contributed by atoms with E-state index in [2.05, 4.69) is 31.3 Å². The number of rotatable bonds is 5. The lowest BCUT2D eigenvalue weighted by atomic mass is 9.96. The van der Waals surface area contributed by atoms with Crippen LogP contribution in [-0.2, 0) is 10.8 Å². The van der Waals surface area contributed by atoms with Crippen molar-refractivity contribution >= 4 is 10.8 Å². The van der Waals surface area contributed by atoms with Gasteiger partial charge in [-0.15, -0.1) is 0 Å². The Hall–Kier alpha value is -0.670. The van der Waals surface area contributed by atoms with E-state index in [1.807, 2.05) is 12.1 Å². The Balaban J connectivity index is 2.13. The molecule has 2 nitrogen and oxygen atoms in total. The molecular weight excluding hydrogens is 278 g/mol. The van der Waals surface area contributed by atoms with E-state index in [4.69, 9.17) is 0 Å². The minimum Gasteiger partial charge on any atom is -0.313 e. The lowest BCUT2D eigenvalue weighted by Gasteiger charge is -2.29. The van der Waals surface area contributed by atoms with Crippen molar-refractivity contribution in [2.45, 2.75) is 75.0 Å². The molecule has 0 radical (unpaired) electrons. The van der Waals surface area contributed by atoms with Crippen LogP contribution in [0.3, 0.4) is 0 Å². The minimum absolute atomic E-state index is 0.263. The highest BCUT2D eigenvalue weighted by Gasteiger charge is 2.28. The van der Waals surface area contributed by atoms with E-state index in [1.165, 1.54) is 37.7 Å². The second-order valence-corrected chi connectivity index (χ2v) is 7.87. The Morgan fingerprint density at radius 1 is 1.10 bits per heavy atom. The topological polar surface area (TPSA) is 29.1 Å². The molecule has 1 aromatic rings. The Labute approximate surface area is 132 Å². The number of aryl methyl sites for hydroxylation is 1. The third-order valence-corrected chi connectivity index (χ3v) is 6.24. The molecule has 0 bridgehead atoms. The second-order valence-electron chi connectivity index (χ2n) is 6.20. The Bertz CT molecular complexity index is 441. The summed E-state index contributed by atoms with van der Waals surface area (Å²) in [6, 6.07) is 8.64. The van der Waals surface area contributed by atoms with Crippen LogP contribution in [0.4, 0.5) is 0 Å². The molecule has 1 aliphatic carbocycles. The quantitative estimate of drug-likeness (QED) is 0.883. The maximum atomic E-state index is 13.0. The van der Waals surface area contributed by atoms with Gasteiger partial charge in [-0.2, -0.15) is 0 Å². The molecule has 0 amide bonds. The van der Waals surface area contributed by atoms with Gasteiger partial charge < -0.3 is 5.32 Å². The highest BCUT2D eigenvalue weighted by Crippen LogP contribution is 2.25. The second kappa shape index (κ2) is 8.70. The van der Waals surface area contributed by atoms with E-state index in [9.17, 15) is 4.21 Å². The van der Waals surface area contributed by atoms with Crippen LogP contribution < -0.4 is 5.32 Å². The summed E-state index contributed by atoms with van der Waals surface area (Å²) in [7, 11) is -0.893. The van der Waals surface area contributed by atoms with Crippen LogP contribution in [0.2, 0.25) is 0 Å². The van der Waals surface area contributed by atoms with Crippen LogP contribution in [0.25, 0.3) is 0 Å². The van der Waals surface area contributed by atoms with Gasteiger partial charge in [0.15, 0.2) is 0 Å². The van der Waals surface area contributed by atoms with E-state index >= 15 is 0 Å². The standard InChI is InChI=1S/C18H29NOS/c1-3-14-19-17-8-6-4-5-7-9-18(17)21(20)16-12-10-15(2)11-13-16/h10-13,17-19H,3-9,14H2,1-2H3. The molecule has 3 unspecified atom stereocenters. The van der Waals surface area contributed by atoms with Crippen LogP contribution in [0, 0.1) is 6.92 Å². The van der Waals surface area contributed by atoms with E-state index in [0.29, 0.717) is 6.04 Å². The predicted molar refractivity (Wildman–Crippen MR) is 91.2 cm³/mol. The van der Waals surface area contributed by atoms with Crippen LogP contribution in [0.15, 0.2) is 29.2 Å². The van der Waals surface area contributed by atoms with Gasteiger partial charge in [-0.05, 0) is 44.9 Å². The van der Waals surface area contributed by atoms with E-state index in [0.717, 1.165) is 24.3 Å². The van der Waals surface area contributed by atoms with Crippen LogP contribution in [0.1, 0.15) is 57.4 Å². The highest BCUT2D eigenvalue weighted by molar-refractivity contribution is 7.85.